The number of likely N-dealkylation sites (tertiary alicyclic amines) is 1. The quantitative estimate of drug-likeness (QED) is 0.733. The maximum atomic E-state index is 12.5. The van der Waals surface area contributed by atoms with Crippen LogP contribution < -0.4 is 0 Å². The van der Waals surface area contributed by atoms with Crippen molar-refractivity contribution < 1.29 is 4.79 Å². The molecule has 0 radical (unpaired) electrons. The van der Waals surface area contributed by atoms with Gasteiger partial charge in [-0.15, -0.1) is 11.8 Å². The van der Waals surface area contributed by atoms with Gasteiger partial charge in [-0.25, -0.2) is 4.98 Å². The zero-order valence-corrected chi connectivity index (χ0v) is 17.3. The molecule has 1 amide bonds. The van der Waals surface area contributed by atoms with Gasteiger partial charge in [-0.1, -0.05) is 29.3 Å². The number of halogens is 2. The molecule has 8 heteroatoms. The number of benzene rings is 1. The molecule has 1 aromatic carbocycles. The summed E-state index contributed by atoms with van der Waals surface area (Å²) in [4.78, 5) is 19.1. The number of aromatic amines is 1. The number of H-pyrrole nitrogens is 1. The van der Waals surface area contributed by atoms with Crippen molar-refractivity contribution in [2.45, 2.75) is 43.3 Å². The minimum atomic E-state index is 0.194. The highest BCUT2D eigenvalue weighted by Crippen LogP contribution is 2.38. The molecule has 27 heavy (non-hydrogen) atoms. The fraction of sp³-hybridized carbons (Fsp3) is 0.526. The first-order chi connectivity index (χ1) is 13.1. The first kappa shape index (κ1) is 19.1. The van der Waals surface area contributed by atoms with E-state index in [2.05, 4.69) is 15.2 Å². The van der Waals surface area contributed by atoms with Crippen molar-refractivity contribution in [1.29, 1.82) is 0 Å². The van der Waals surface area contributed by atoms with E-state index in [9.17, 15) is 4.79 Å². The average Bonchev–Trinajstić information content (AvgIpc) is 3.40. The van der Waals surface area contributed by atoms with Crippen molar-refractivity contribution in [2.75, 3.05) is 18.8 Å². The maximum absolute atomic E-state index is 12.5. The van der Waals surface area contributed by atoms with Gasteiger partial charge in [0.25, 0.3) is 0 Å². The molecule has 2 fully saturated rings. The summed E-state index contributed by atoms with van der Waals surface area (Å²) in [6, 6.07) is 5.48. The summed E-state index contributed by atoms with van der Waals surface area (Å²) in [5.41, 5.74) is 1.01. The van der Waals surface area contributed by atoms with Crippen LogP contribution in [0.3, 0.4) is 0 Å². The van der Waals surface area contributed by atoms with Gasteiger partial charge < -0.3 is 4.90 Å². The summed E-state index contributed by atoms with van der Waals surface area (Å²) in [6.07, 6.45) is 4.31. The molecule has 144 valence electrons. The van der Waals surface area contributed by atoms with Gasteiger partial charge >= 0.3 is 0 Å². The Kier molecular flexibility index (Phi) is 5.95. The van der Waals surface area contributed by atoms with E-state index in [1.807, 2.05) is 17.0 Å². The average molecular weight is 425 g/mol. The first-order valence-electron chi connectivity index (χ1n) is 9.32. The number of aromatic nitrogens is 3. The number of carbonyl (C=O) groups is 1. The number of hydrogen-bond acceptors (Lipinski definition) is 4. The number of thioether (sulfide) groups is 1. The summed E-state index contributed by atoms with van der Waals surface area (Å²) < 4.78 is 0. The number of hydrogen-bond donors (Lipinski definition) is 1. The smallest absolute Gasteiger partial charge is 0.232 e. The van der Waals surface area contributed by atoms with E-state index >= 15 is 0 Å². The van der Waals surface area contributed by atoms with Crippen molar-refractivity contribution >= 4 is 40.9 Å². The maximum Gasteiger partial charge on any atom is 0.232 e. The Morgan fingerprint density at radius 3 is 2.67 bits per heavy atom. The highest BCUT2D eigenvalue weighted by Gasteiger charge is 2.30. The molecule has 1 aromatic heterocycles. The fourth-order valence-electron chi connectivity index (χ4n) is 3.38. The number of amides is 1. The van der Waals surface area contributed by atoms with E-state index in [-0.39, 0.29) is 5.91 Å². The van der Waals surface area contributed by atoms with E-state index in [4.69, 9.17) is 23.2 Å². The molecular weight excluding hydrogens is 403 g/mol. The van der Waals surface area contributed by atoms with Gasteiger partial charge in [0.15, 0.2) is 5.82 Å². The third-order valence-corrected chi connectivity index (χ3v) is 6.75. The largest absolute Gasteiger partial charge is 0.342 e. The fourth-order valence-corrected chi connectivity index (χ4v) is 4.86. The highest BCUT2D eigenvalue weighted by molar-refractivity contribution is 7.99. The molecular formula is C19H22Cl2N4OS. The summed E-state index contributed by atoms with van der Waals surface area (Å²) >= 11 is 13.7. The van der Waals surface area contributed by atoms with Gasteiger partial charge in [-0.05, 0) is 43.4 Å². The van der Waals surface area contributed by atoms with Gasteiger partial charge in [-0.3, -0.25) is 9.89 Å². The third kappa shape index (κ3) is 4.79. The minimum Gasteiger partial charge on any atom is -0.342 e. The molecule has 0 spiro atoms. The van der Waals surface area contributed by atoms with Crippen LogP contribution in [0.1, 0.15) is 54.7 Å². The molecule has 0 atom stereocenters. The second-order valence-electron chi connectivity index (χ2n) is 7.24. The molecule has 1 N–H and O–H groups in total. The van der Waals surface area contributed by atoms with Crippen molar-refractivity contribution in [2.24, 2.45) is 0 Å². The van der Waals surface area contributed by atoms with Crippen molar-refractivity contribution in [3.05, 3.63) is 45.5 Å². The van der Waals surface area contributed by atoms with Crippen molar-refractivity contribution in [1.82, 2.24) is 20.1 Å². The standard InChI is InChI=1S/C19H22Cl2N4OS/c20-15-4-3-14(16(21)9-15)10-27-11-17(26)25-7-5-13(6-8-25)19-22-18(23-24-19)12-1-2-12/h3-4,9,12-13H,1-2,5-8,10-11H2,(H,22,23,24). The molecule has 4 rings (SSSR count). The predicted octanol–water partition coefficient (Wildman–Crippen LogP) is 4.63. The van der Waals surface area contributed by atoms with Gasteiger partial charge in [0, 0.05) is 40.7 Å². The van der Waals surface area contributed by atoms with Crippen LogP contribution in [0.25, 0.3) is 0 Å². The SMILES string of the molecule is O=C(CSCc1ccc(Cl)cc1Cl)N1CCC(c2nc(C3CC3)n[nH]2)CC1. The summed E-state index contributed by atoms with van der Waals surface area (Å²) in [7, 11) is 0. The molecule has 5 nitrogen and oxygen atoms in total. The van der Waals surface area contributed by atoms with Crippen LogP contribution in [-0.2, 0) is 10.5 Å². The summed E-state index contributed by atoms with van der Waals surface area (Å²) in [5.74, 6) is 4.30. The van der Waals surface area contributed by atoms with Crippen LogP contribution in [0.2, 0.25) is 10.0 Å². The lowest BCUT2D eigenvalue weighted by Gasteiger charge is -2.31. The van der Waals surface area contributed by atoms with E-state index in [0.29, 0.717) is 33.4 Å². The number of rotatable bonds is 6. The molecule has 1 aliphatic heterocycles. The van der Waals surface area contributed by atoms with Crippen LogP contribution in [0, 0.1) is 0 Å². The molecule has 2 aromatic rings. The number of nitrogens with zero attached hydrogens (tertiary/aromatic N) is 3. The third-order valence-electron chi connectivity index (χ3n) is 5.20. The van der Waals surface area contributed by atoms with Gasteiger partial charge in [0.05, 0.1) is 5.75 Å². The summed E-state index contributed by atoms with van der Waals surface area (Å²) in [6.45, 7) is 1.57. The molecule has 0 bridgehead atoms. The Morgan fingerprint density at radius 2 is 1.96 bits per heavy atom. The normalized spacial score (nSPS) is 18.1. The monoisotopic (exact) mass is 424 g/mol. The number of piperidine rings is 1. The van der Waals surface area contributed by atoms with Crippen LogP contribution in [0.4, 0.5) is 0 Å². The zero-order chi connectivity index (χ0) is 18.8. The molecule has 2 heterocycles. The Bertz CT molecular complexity index is 816. The van der Waals surface area contributed by atoms with Crippen LogP contribution in [0.15, 0.2) is 18.2 Å². The number of carbonyl (C=O) groups excluding carboxylic acids is 1. The second kappa shape index (κ2) is 8.41. The van der Waals surface area contributed by atoms with E-state index in [1.165, 1.54) is 12.8 Å². The zero-order valence-electron chi connectivity index (χ0n) is 15.0. The predicted molar refractivity (Wildman–Crippen MR) is 110 cm³/mol. The topological polar surface area (TPSA) is 61.9 Å². The lowest BCUT2D eigenvalue weighted by molar-refractivity contribution is -0.129. The number of nitrogens with one attached hydrogen (secondary N) is 1. The van der Waals surface area contributed by atoms with Crippen molar-refractivity contribution in [3.63, 3.8) is 0 Å². The lowest BCUT2D eigenvalue weighted by Crippen LogP contribution is -2.39. The Labute approximate surface area is 173 Å². The van der Waals surface area contributed by atoms with E-state index < -0.39 is 0 Å². The minimum absolute atomic E-state index is 0.194. The van der Waals surface area contributed by atoms with Crippen LogP contribution in [0.5, 0.6) is 0 Å². The Hall–Kier alpha value is -1.24. The Balaban J connectivity index is 1.22. The highest BCUT2D eigenvalue weighted by atomic mass is 35.5. The van der Waals surface area contributed by atoms with Crippen LogP contribution in [-0.4, -0.2) is 44.8 Å². The van der Waals surface area contributed by atoms with E-state index in [0.717, 1.165) is 43.1 Å². The molecule has 2 aliphatic rings. The lowest BCUT2D eigenvalue weighted by atomic mass is 9.96. The molecule has 1 saturated carbocycles. The molecule has 1 aliphatic carbocycles. The Morgan fingerprint density at radius 1 is 1.19 bits per heavy atom. The molecule has 1 saturated heterocycles. The second-order valence-corrected chi connectivity index (χ2v) is 9.07. The molecule has 0 unspecified atom stereocenters. The van der Waals surface area contributed by atoms with E-state index in [1.54, 1.807) is 17.8 Å². The van der Waals surface area contributed by atoms with Gasteiger partial charge in [0.1, 0.15) is 5.82 Å². The van der Waals surface area contributed by atoms with Gasteiger partial charge in [-0.2, -0.15) is 5.10 Å². The first-order valence-corrected chi connectivity index (χ1v) is 11.2. The van der Waals surface area contributed by atoms with Gasteiger partial charge in [0.2, 0.25) is 5.91 Å². The summed E-state index contributed by atoms with van der Waals surface area (Å²) in [5, 5.41) is 8.74. The van der Waals surface area contributed by atoms with Crippen molar-refractivity contribution in [3.8, 4) is 0 Å². The van der Waals surface area contributed by atoms with Crippen LogP contribution >= 0.6 is 35.0 Å².